The highest BCUT2D eigenvalue weighted by molar-refractivity contribution is 5.75. The molecule has 3 nitrogen and oxygen atoms in total. The summed E-state index contributed by atoms with van der Waals surface area (Å²) in [6, 6.07) is 7.72. The molecule has 76 valence electrons. The smallest absolute Gasteiger partial charge is 0.183 e. The lowest BCUT2D eigenvalue weighted by molar-refractivity contribution is 0.143. The standard InChI is InChI=1S/C12H12N2O/c1-12(2,15)8-7-11-13-9-5-3-4-6-10(9)14-11/h3-6,15H,1-2H3,(H,13,14). The molecule has 0 amide bonds. The number of hydrogen-bond donors (Lipinski definition) is 2. The summed E-state index contributed by atoms with van der Waals surface area (Å²) in [4.78, 5) is 7.35. The first-order valence-electron chi connectivity index (χ1n) is 4.75. The molecule has 0 aliphatic heterocycles. The number of aromatic nitrogens is 2. The Labute approximate surface area is 88.2 Å². The van der Waals surface area contributed by atoms with Crippen molar-refractivity contribution in [1.82, 2.24) is 9.97 Å². The van der Waals surface area contributed by atoms with Gasteiger partial charge in [0.1, 0.15) is 5.60 Å². The molecular weight excluding hydrogens is 188 g/mol. The Balaban J connectivity index is 2.41. The normalized spacial score (nSPS) is 11.1. The predicted molar refractivity (Wildman–Crippen MR) is 59.3 cm³/mol. The molecule has 2 rings (SSSR count). The molecule has 3 heteroatoms. The number of aromatic amines is 1. The number of para-hydroxylation sites is 2. The number of H-pyrrole nitrogens is 1. The van der Waals surface area contributed by atoms with Gasteiger partial charge < -0.3 is 10.1 Å². The fourth-order valence-electron chi connectivity index (χ4n) is 1.22. The van der Waals surface area contributed by atoms with Crippen molar-refractivity contribution in [2.45, 2.75) is 19.4 Å². The van der Waals surface area contributed by atoms with E-state index in [2.05, 4.69) is 21.8 Å². The highest BCUT2D eigenvalue weighted by Crippen LogP contribution is 2.09. The zero-order chi connectivity index (χ0) is 10.9. The van der Waals surface area contributed by atoms with Crippen LogP contribution in [0.1, 0.15) is 19.7 Å². The molecule has 1 aromatic heterocycles. The molecule has 0 bridgehead atoms. The van der Waals surface area contributed by atoms with Crippen LogP contribution in [-0.2, 0) is 0 Å². The van der Waals surface area contributed by atoms with E-state index in [9.17, 15) is 5.11 Å². The van der Waals surface area contributed by atoms with Gasteiger partial charge in [0.05, 0.1) is 11.0 Å². The van der Waals surface area contributed by atoms with Crippen molar-refractivity contribution < 1.29 is 5.11 Å². The van der Waals surface area contributed by atoms with Crippen LogP contribution in [0.25, 0.3) is 11.0 Å². The van der Waals surface area contributed by atoms with Crippen molar-refractivity contribution in [3.05, 3.63) is 30.1 Å². The third kappa shape index (κ3) is 2.36. The van der Waals surface area contributed by atoms with Gasteiger partial charge >= 0.3 is 0 Å². The molecule has 0 aliphatic carbocycles. The first kappa shape index (κ1) is 9.75. The first-order valence-corrected chi connectivity index (χ1v) is 4.75. The number of imidazole rings is 1. The molecule has 0 saturated carbocycles. The molecule has 0 aliphatic rings. The molecule has 0 saturated heterocycles. The molecule has 0 atom stereocenters. The van der Waals surface area contributed by atoms with Gasteiger partial charge in [-0.05, 0) is 31.9 Å². The van der Waals surface area contributed by atoms with Crippen LogP contribution in [0.3, 0.4) is 0 Å². The van der Waals surface area contributed by atoms with Crippen LogP contribution in [0.15, 0.2) is 24.3 Å². The largest absolute Gasteiger partial charge is 0.378 e. The molecule has 2 N–H and O–H groups in total. The Morgan fingerprint density at radius 3 is 2.73 bits per heavy atom. The van der Waals surface area contributed by atoms with E-state index in [0.717, 1.165) is 11.0 Å². The molecule has 0 radical (unpaired) electrons. The van der Waals surface area contributed by atoms with E-state index in [0.29, 0.717) is 5.82 Å². The molecule has 0 spiro atoms. The van der Waals surface area contributed by atoms with Crippen molar-refractivity contribution in [3.63, 3.8) is 0 Å². The Morgan fingerprint density at radius 2 is 2.07 bits per heavy atom. The van der Waals surface area contributed by atoms with Gasteiger partial charge in [0, 0.05) is 0 Å². The SMILES string of the molecule is CC(C)(O)C#Cc1nc2ccccc2[nH]1. The summed E-state index contributed by atoms with van der Waals surface area (Å²) in [6.45, 7) is 3.28. The predicted octanol–water partition coefficient (Wildman–Crippen LogP) is 1.69. The summed E-state index contributed by atoms with van der Waals surface area (Å²) in [7, 11) is 0. The van der Waals surface area contributed by atoms with Crippen LogP contribution in [0, 0.1) is 11.8 Å². The molecule has 15 heavy (non-hydrogen) atoms. The van der Waals surface area contributed by atoms with E-state index in [1.807, 2.05) is 24.3 Å². The second-order valence-corrected chi connectivity index (χ2v) is 3.91. The van der Waals surface area contributed by atoms with E-state index in [4.69, 9.17) is 0 Å². The maximum atomic E-state index is 9.44. The third-order valence-corrected chi connectivity index (χ3v) is 1.88. The van der Waals surface area contributed by atoms with Crippen LogP contribution in [-0.4, -0.2) is 20.7 Å². The lowest BCUT2D eigenvalue weighted by Gasteiger charge is -2.05. The topological polar surface area (TPSA) is 48.9 Å². The second kappa shape index (κ2) is 3.41. The molecule has 1 heterocycles. The summed E-state index contributed by atoms with van der Waals surface area (Å²) >= 11 is 0. The Bertz CT molecular complexity index is 505. The van der Waals surface area contributed by atoms with Crippen LogP contribution in [0.2, 0.25) is 0 Å². The maximum Gasteiger partial charge on any atom is 0.183 e. The summed E-state index contributed by atoms with van der Waals surface area (Å²) in [6.07, 6.45) is 0. The Morgan fingerprint density at radius 1 is 1.33 bits per heavy atom. The van der Waals surface area contributed by atoms with Crippen molar-refractivity contribution in [3.8, 4) is 11.8 Å². The van der Waals surface area contributed by atoms with Crippen LogP contribution in [0.5, 0.6) is 0 Å². The van der Waals surface area contributed by atoms with Gasteiger partial charge in [-0.25, -0.2) is 4.98 Å². The van der Waals surface area contributed by atoms with Gasteiger partial charge in [0.15, 0.2) is 5.82 Å². The molecule has 0 unspecified atom stereocenters. The first-order chi connectivity index (χ1) is 7.04. The number of rotatable bonds is 0. The highest BCUT2D eigenvalue weighted by atomic mass is 16.3. The molecule has 2 aromatic rings. The minimum Gasteiger partial charge on any atom is -0.378 e. The number of hydrogen-bond acceptors (Lipinski definition) is 2. The Hall–Kier alpha value is -1.79. The van der Waals surface area contributed by atoms with E-state index in [1.165, 1.54) is 0 Å². The third-order valence-electron chi connectivity index (χ3n) is 1.88. The van der Waals surface area contributed by atoms with Crippen molar-refractivity contribution >= 4 is 11.0 Å². The highest BCUT2D eigenvalue weighted by Gasteiger charge is 2.06. The van der Waals surface area contributed by atoms with Gasteiger partial charge in [-0.3, -0.25) is 0 Å². The van der Waals surface area contributed by atoms with Crippen molar-refractivity contribution in [2.24, 2.45) is 0 Å². The van der Waals surface area contributed by atoms with Crippen molar-refractivity contribution in [2.75, 3.05) is 0 Å². The fourth-order valence-corrected chi connectivity index (χ4v) is 1.22. The minimum absolute atomic E-state index is 0.582. The van der Waals surface area contributed by atoms with Gasteiger partial charge in [-0.1, -0.05) is 18.1 Å². The number of nitrogens with one attached hydrogen (secondary N) is 1. The van der Waals surface area contributed by atoms with E-state index in [-0.39, 0.29) is 0 Å². The van der Waals surface area contributed by atoms with Gasteiger partial charge in [0.2, 0.25) is 0 Å². The summed E-state index contributed by atoms with van der Waals surface area (Å²) < 4.78 is 0. The molecular formula is C12H12N2O. The number of aliphatic hydroxyl groups is 1. The van der Waals surface area contributed by atoms with Gasteiger partial charge in [-0.2, -0.15) is 0 Å². The average molecular weight is 200 g/mol. The monoisotopic (exact) mass is 200 g/mol. The Kier molecular flexibility index (Phi) is 2.22. The van der Waals surface area contributed by atoms with E-state index >= 15 is 0 Å². The van der Waals surface area contributed by atoms with Crippen LogP contribution in [0.4, 0.5) is 0 Å². The number of nitrogens with zero attached hydrogens (tertiary/aromatic N) is 1. The zero-order valence-electron chi connectivity index (χ0n) is 8.70. The maximum absolute atomic E-state index is 9.44. The zero-order valence-corrected chi connectivity index (χ0v) is 8.70. The summed E-state index contributed by atoms with van der Waals surface area (Å²) in [5.74, 6) is 6.10. The van der Waals surface area contributed by atoms with Crippen LogP contribution >= 0.6 is 0 Å². The van der Waals surface area contributed by atoms with E-state index < -0.39 is 5.60 Å². The minimum atomic E-state index is -0.987. The second-order valence-electron chi connectivity index (χ2n) is 3.91. The van der Waals surface area contributed by atoms with E-state index in [1.54, 1.807) is 13.8 Å². The molecule has 0 fully saturated rings. The van der Waals surface area contributed by atoms with Gasteiger partial charge in [0.25, 0.3) is 0 Å². The quantitative estimate of drug-likeness (QED) is 0.636. The lowest BCUT2D eigenvalue weighted by atomic mass is 10.1. The average Bonchev–Trinajstić information content (AvgIpc) is 2.56. The van der Waals surface area contributed by atoms with Crippen LogP contribution < -0.4 is 0 Å². The number of benzene rings is 1. The fraction of sp³-hybridized carbons (Fsp3) is 0.250. The molecule has 1 aromatic carbocycles. The lowest BCUT2D eigenvalue weighted by Crippen LogP contribution is -2.14. The van der Waals surface area contributed by atoms with Crippen molar-refractivity contribution in [1.29, 1.82) is 0 Å². The summed E-state index contributed by atoms with van der Waals surface area (Å²) in [5.41, 5.74) is 0.856. The number of fused-ring (bicyclic) bond motifs is 1. The van der Waals surface area contributed by atoms with Gasteiger partial charge in [-0.15, -0.1) is 0 Å². The summed E-state index contributed by atoms with van der Waals surface area (Å²) in [5, 5.41) is 9.44.